The number of hydrogen-bond acceptors (Lipinski definition) is 7. The molecule has 4 aliphatic rings. The van der Waals surface area contributed by atoms with Crippen molar-refractivity contribution in [3.63, 3.8) is 0 Å². The smallest absolute Gasteiger partial charge is 0.339 e. The maximum absolute atomic E-state index is 18.2. The number of pyridine rings is 3. The molecule has 0 amide bonds. The number of fused-ring (bicyclic) bond motifs is 2. The van der Waals surface area contributed by atoms with E-state index in [9.17, 15) is 9.90 Å². The second-order valence-electron chi connectivity index (χ2n) is 16.6. The molecule has 9 nitrogen and oxygen atoms in total. The molecule has 2 fully saturated rings. The molecule has 9 rings (SSSR count). The average molecular weight is 839 g/mol. The van der Waals surface area contributed by atoms with Crippen molar-refractivity contribution in [3.05, 3.63) is 172 Å². The lowest BCUT2D eigenvalue weighted by atomic mass is 9.85. The van der Waals surface area contributed by atoms with Gasteiger partial charge in [0.15, 0.2) is 23.2 Å². The van der Waals surface area contributed by atoms with Gasteiger partial charge in [0.05, 0.1) is 30.0 Å². The van der Waals surface area contributed by atoms with E-state index in [2.05, 4.69) is 54.6 Å². The highest BCUT2D eigenvalue weighted by atomic mass is 28.3. The zero-order valence-electron chi connectivity index (χ0n) is 34.3. The molecule has 3 aromatic heterocycles. The molecule has 0 saturated carbocycles. The van der Waals surface area contributed by atoms with Crippen LogP contribution < -0.4 is 15.0 Å². The highest BCUT2D eigenvalue weighted by Gasteiger charge is 2.44. The van der Waals surface area contributed by atoms with Crippen LogP contribution in [0.2, 0.25) is 13.1 Å². The number of aromatic nitrogens is 3. The maximum atomic E-state index is 18.2. The first-order chi connectivity index (χ1) is 29.6. The molecule has 1 N–H and O–H groups in total. The third kappa shape index (κ3) is 7.72. The van der Waals surface area contributed by atoms with Crippen molar-refractivity contribution in [3.8, 4) is 0 Å². The van der Waals surface area contributed by atoms with Gasteiger partial charge in [0, 0.05) is 81.3 Å². The zero-order valence-corrected chi connectivity index (χ0v) is 35.3. The van der Waals surface area contributed by atoms with Crippen LogP contribution in [0.4, 0.5) is 24.5 Å². The van der Waals surface area contributed by atoms with Crippen LogP contribution in [0.25, 0.3) is 5.57 Å². The number of hydrogen-bond donors (Lipinski definition) is 1. The summed E-state index contributed by atoms with van der Waals surface area (Å²) in [6, 6.07) is 22.6. The minimum Gasteiger partial charge on any atom is -0.478 e. The fourth-order valence-corrected chi connectivity index (χ4v) is 11.9. The van der Waals surface area contributed by atoms with E-state index < -0.39 is 48.3 Å². The molecule has 0 atom stereocenters. The Morgan fingerprint density at radius 3 is 1.97 bits per heavy atom. The van der Waals surface area contributed by atoms with E-state index in [1.54, 1.807) is 36.8 Å². The largest absolute Gasteiger partial charge is 0.478 e. The molecule has 2 aromatic carbocycles. The SMILES string of the molecule is C[Si]1(C)C2=CC(=[N+]3CCC3)C=CC2=C(c2c(F)c(N(CCN(Cc3ccccn3)Cc3ccccn3)Cc3ccccn3)c(F)c(F)c2C(=O)O)c2ccc(N3CCC3)cc21. The number of carboxylic acid groups (broad SMARTS) is 1. The number of aromatic carboxylic acids is 1. The molecule has 0 bridgehead atoms. The van der Waals surface area contributed by atoms with Gasteiger partial charge in [-0.05, 0) is 88.1 Å². The van der Waals surface area contributed by atoms with E-state index >= 15 is 13.2 Å². The fourth-order valence-electron chi connectivity index (χ4n) is 8.87. The van der Waals surface area contributed by atoms with Crippen LogP contribution in [0.15, 0.2) is 120 Å². The van der Waals surface area contributed by atoms with Gasteiger partial charge >= 0.3 is 5.97 Å². The number of anilines is 2. The molecule has 5 aromatic rings. The molecule has 2 saturated heterocycles. The number of halogens is 3. The summed E-state index contributed by atoms with van der Waals surface area (Å²) in [5, 5.41) is 12.7. The molecule has 310 valence electrons. The first-order valence-corrected chi connectivity index (χ1v) is 23.9. The van der Waals surface area contributed by atoms with Crippen LogP contribution in [-0.4, -0.2) is 88.6 Å². The monoisotopic (exact) mass is 838 g/mol. The number of benzene rings is 2. The van der Waals surface area contributed by atoms with Gasteiger partial charge in [0.2, 0.25) is 0 Å². The van der Waals surface area contributed by atoms with Crippen molar-refractivity contribution in [2.75, 3.05) is 49.1 Å². The van der Waals surface area contributed by atoms with Gasteiger partial charge in [0.25, 0.3) is 0 Å². The Morgan fingerprint density at radius 1 is 0.787 bits per heavy atom. The summed E-state index contributed by atoms with van der Waals surface area (Å²) in [5.74, 6) is -6.07. The standard InChI is InChI=1S/C48H46F3N7O2Si/c1-61(2)39-27-35(56-21-9-22-56)14-16-37(39)41(38-17-15-36(28-40(38)61)57-23-10-24-57)42-43(48(59)60)44(49)46(51)47(45(42)50)58(31-34-13-5-8-20-54-34)26-25-55(29-32-11-3-6-18-52-32)30-33-12-4-7-19-53-33/h3-8,11-20,27-28H,9-10,21-26,29-31H2,1-2H3/p+1. The lowest BCUT2D eigenvalue weighted by Gasteiger charge is -2.40. The molecule has 0 unspecified atom stereocenters. The lowest BCUT2D eigenvalue weighted by Crippen LogP contribution is -2.50. The van der Waals surface area contributed by atoms with E-state index in [0.717, 1.165) is 72.2 Å². The zero-order chi connectivity index (χ0) is 42.3. The van der Waals surface area contributed by atoms with Gasteiger partial charge in [0.1, 0.15) is 32.4 Å². The van der Waals surface area contributed by atoms with Gasteiger partial charge in [-0.3, -0.25) is 19.9 Å². The maximum Gasteiger partial charge on any atom is 0.339 e. The van der Waals surface area contributed by atoms with Crippen LogP contribution in [0.5, 0.6) is 0 Å². The predicted octanol–water partition coefficient (Wildman–Crippen LogP) is 7.53. The summed E-state index contributed by atoms with van der Waals surface area (Å²) in [7, 11) is -2.55. The minimum atomic E-state index is -2.55. The van der Waals surface area contributed by atoms with Crippen LogP contribution in [0.1, 0.15) is 51.4 Å². The molecular weight excluding hydrogens is 792 g/mol. The third-order valence-corrected chi connectivity index (χ3v) is 15.9. The number of rotatable bonds is 13. The van der Waals surface area contributed by atoms with Crippen molar-refractivity contribution < 1.29 is 27.6 Å². The molecule has 61 heavy (non-hydrogen) atoms. The Labute approximate surface area is 354 Å². The van der Waals surface area contributed by atoms with Gasteiger partial charge in [-0.25, -0.2) is 22.5 Å². The van der Waals surface area contributed by atoms with E-state index in [1.165, 1.54) is 4.90 Å². The Morgan fingerprint density at radius 2 is 1.43 bits per heavy atom. The number of carboxylic acids is 1. The summed E-state index contributed by atoms with van der Waals surface area (Å²) in [6.45, 7) is 9.20. The molecular formula is C48H47F3N7O2Si+. The molecule has 0 radical (unpaired) electrons. The quantitative estimate of drug-likeness (QED) is 0.0741. The highest BCUT2D eigenvalue weighted by Crippen LogP contribution is 2.46. The Kier molecular flexibility index (Phi) is 11.0. The Balaban J connectivity index is 1.22. The van der Waals surface area contributed by atoms with Crippen molar-refractivity contribution in [1.29, 1.82) is 0 Å². The summed E-state index contributed by atoms with van der Waals surface area (Å²) in [4.78, 5) is 32.5. The Bertz CT molecular complexity index is 2580. The normalized spacial score (nSPS) is 16.5. The first-order valence-electron chi connectivity index (χ1n) is 20.9. The second kappa shape index (κ2) is 16.7. The van der Waals surface area contributed by atoms with Gasteiger partial charge in [-0.1, -0.05) is 37.4 Å². The fraction of sp³-hybridized carbons (Fsp3) is 0.271. The average Bonchev–Trinajstić information content (AvgIpc) is 3.22. The minimum absolute atomic E-state index is 0.0240. The molecule has 3 aliphatic heterocycles. The summed E-state index contributed by atoms with van der Waals surface area (Å²) < 4.78 is 54.3. The summed E-state index contributed by atoms with van der Waals surface area (Å²) in [6.07, 6.45) is 13.2. The summed E-state index contributed by atoms with van der Waals surface area (Å²) in [5.41, 5.74) is 3.54. The second-order valence-corrected chi connectivity index (χ2v) is 20.9. The number of carbonyl (C=O) groups is 1. The number of allylic oxidation sites excluding steroid dienone is 5. The van der Waals surface area contributed by atoms with Crippen molar-refractivity contribution in [2.45, 2.75) is 45.6 Å². The first kappa shape index (κ1) is 40.2. The predicted molar refractivity (Wildman–Crippen MR) is 234 cm³/mol. The summed E-state index contributed by atoms with van der Waals surface area (Å²) >= 11 is 0. The molecule has 13 heteroatoms. The van der Waals surface area contributed by atoms with Crippen LogP contribution in [0.3, 0.4) is 0 Å². The molecule has 6 heterocycles. The van der Waals surface area contributed by atoms with Gasteiger partial charge in [-0.15, -0.1) is 0 Å². The van der Waals surface area contributed by atoms with Gasteiger partial charge in [-0.2, -0.15) is 0 Å². The third-order valence-electron chi connectivity index (χ3n) is 12.4. The topological polar surface area (TPSA) is 88.7 Å². The van der Waals surface area contributed by atoms with Crippen LogP contribution >= 0.6 is 0 Å². The highest BCUT2D eigenvalue weighted by molar-refractivity contribution is 6.98. The molecule has 1 aliphatic carbocycles. The van der Waals surface area contributed by atoms with Gasteiger partial charge < -0.3 is 14.9 Å². The van der Waals surface area contributed by atoms with Crippen molar-refractivity contribution in [1.82, 2.24) is 19.9 Å². The van der Waals surface area contributed by atoms with Crippen molar-refractivity contribution in [2.24, 2.45) is 0 Å². The Hall–Kier alpha value is -6.18. The number of nitrogens with zero attached hydrogens (tertiary/aromatic N) is 7. The lowest BCUT2D eigenvalue weighted by molar-refractivity contribution is -0.582. The van der Waals surface area contributed by atoms with E-state index in [0.29, 0.717) is 29.9 Å². The van der Waals surface area contributed by atoms with Crippen LogP contribution in [-0.2, 0) is 19.6 Å². The molecule has 0 spiro atoms. The van der Waals surface area contributed by atoms with Crippen LogP contribution in [0, 0.1) is 17.5 Å². The van der Waals surface area contributed by atoms with E-state index in [1.807, 2.05) is 60.7 Å². The van der Waals surface area contributed by atoms with Crippen molar-refractivity contribution >= 4 is 41.9 Å². The van der Waals surface area contributed by atoms with E-state index in [-0.39, 0.29) is 25.2 Å². The van der Waals surface area contributed by atoms with E-state index in [4.69, 9.17) is 0 Å².